The van der Waals surface area contributed by atoms with Crippen LogP contribution in [-0.4, -0.2) is 18.2 Å². The van der Waals surface area contributed by atoms with Gasteiger partial charge in [-0.05, 0) is 35.2 Å². The number of hydrogen-bond acceptors (Lipinski definition) is 4. The molecule has 0 bridgehead atoms. The molecule has 0 radical (unpaired) electrons. The van der Waals surface area contributed by atoms with Gasteiger partial charge in [0, 0.05) is 12.6 Å². The Morgan fingerprint density at radius 2 is 2.19 bits per heavy atom. The lowest BCUT2D eigenvalue weighted by Gasteiger charge is -2.14. The first-order valence-electron chi connectivity index (χ1n) is 7.37. The van der Waals surface area contributed by atoms with E-state index in [2.05, 4.69) is 18.0 Å². The third-order valence-corrected chi connectivity index (χ3v) is 3.64. The van der Waals surface area contributed by atoms with Gasteiger partial charge in [-0.3, -0.25) is 4.98 Å². The van der Waals surface area contributed by atoms with Crippen LogP contribution in [-0.2, 0) is 6.42 Å². The van der Waals surface area contributed by atoms with Crippen LogP contribution < -0.4 is 15.2 Å². The van der Waals surface area contributed by atoms with Gasteiger partial charge >= 0.3 is 0 Å². The van der Waals surface area contributed by atoms with Gasteiger partial charge in [-0.1, -0.05) is 19.1 Å². The third kappa shape index (κ3) is 3.00. The fourth-order valence-corrected chi connectivity index (χ4v) is 2.50. The summed E-state index contributed by atoms with van der Waals surface area (Å²) in [5.41, 5.74) is 9.64. The van der Waals surface area contributed by atoms with Crippen LogP contribution in [0.3, 0.4) is 0 Å². The minimum Gasteiger partial charge on any atom is -0.493 e. The van der Waals surface area contributed by atoms with E-state index in [0.717, 1.165) is 42.1 Å². The van der Waals surface area contributed by atoms with Crippen LogP contribution in [0.4, 0.5) is 0 Å². The maximum Gasteiger partial charge on any atom is 0.137 e. The van der Waals surface area contributed by atoms with Crippen molar-refractivity contribution in [2.24, 2.45) is 5.73 Å². The van der Waals surface area contributed by atoms with E-state index in [1.165, 1.54) is 5.56 Å². The van der Waals surface area contributed by atoms with Crippen molar-refractivity contribution in [2.45, 2.75) is 25.8 Å². The quantitative estimate of drug-likeness (QED) is 0.917. The number of ether oxygens (including phenoxy) is 2. The van der Waals surface area contributed by atoms with Gasteiger partial charge < -0.3 is 15.2 Å². The van der Waals surface area contributed by atoms with Crippen molar-refractivity contribution >= 4 is 0 Å². The van der Waals surface area contributed by atoms with Crippen LogP contribution in [0.1, 0.15) is 36.1 Å². The second kappa shape index (κ2) is 6.14. The molecule has 0 amide bonds. The molecule has 2 heterocycles. The minimum atomic E-state index is -0.200. The molecule has 110 valence electrons. The van der Waals surface area contributed by atoms with Crippen LogP contribution in [0, 0.1) is 0 Å². The molecule has 1 aliphatic rings. The van der Waals surface area contributed by atoms with E-state index in [4.69, 9.17) is 15.2 Å². The molecule has 3 rings (SSSR count). The van der Waals surface area contributed by atoms with E-state index in [1.807, 2.05) is 18.2 Å². The maximum absolute atomic E-state index is 6.37. The number of rotatable bonds is 5. The fourth-order valence-electron chi connectivity index (χ4n) is 2.50. The van der Waals surface area contributed by atoms with Crippen molar-refractivity contribution < 1.29 is 9.47 Å². The van der Waals surface area contributed by atoms with Gasteiger partial charge in [-0.15, -0.1) is 0 Å². The largest absolute Gasteiger partial charge is 0.493 e. The topological polar surface area (TPSA) is 57.4 Å². The van der Waals surface area contributed by atoms with E-state index >= 15 is 0 Å². The van der Waals surface area contributed by atoms with Gasteiger partial charge in [0.25, 0.3) is 0 Å². The second-order valence-electron chi connectivity index (χ2n) is 5.25. The average Bonchev–Trinajstić information content (AvgIpc) is 3.00. The molecular formula is C17H20N2O2. The van der Waals surface area contributed by atoms with Gasteiger partial charge in [-0.25, -0.2) is 0 Å². The molecule has 4 heteroatoms. The summed E-state index contributed by atoms with van der Waals surface area (Å²) < 4.78 is 11.1. The summed E-state index contributed by atoms with van der Waals surface area (Å²) >= 11 is 0. The summed E-state index contributed by atoms with van der Waals surface area (Å²) in [6, 6.07) is 7.93. The highest BCUT2D eigenvalue weighted by molar-refractivity contribution is 5.43. The number of benzene rings is 1. The number of nitrogens with zero attached hydrogens (tertiary/aromatic N) is 1. The molecule has 2 N–H and O–H groups in total. The summed E-state index contributed by atoms with van der Waals surface area (Å²) in [6.45, 7) is 3.53. The molecule has 1 aromatic heterocycles. The van der Waals surface area contributed by atoms with E-state index in [-0.39, 0.29) is 6.04 Å². The average molecular weight is 284 g/mol. The van der Waals surface area contributed by atoms with Gasteiger partial charge in [0.2, 0.25) is 0 Å². The molecule has 1 atom stereocenters. The molecular weight excluding hydrogens is 264 g/mol. The van der Waals surface area contributed by atoms with Crippen LogP contribution >= 0.6 is 0 Å². The van der Waals surface area contributed by atoms with E-state index in [1.54, 1.807) is 12.4 Å². The normalized spacial score (nSPS) is 14.4. The summed E-state index contributed by atoms with van der Waals surface area (Å²) in [4.78, 5) is 4.23. The minimum absolute atomic E-state index is 0.200. The van der Waals surface area contributed by atoms with Crippen molar-refractivity contribution in [1.29, 1.82) is 0 Å². The lowest BCUT2D eigenvalue weighted by Crippen LogP contribution is -2.12. The predicted molar refractivity (Wildman–Crippen MR) is 81.7 cm³/mol. The molecule has 0 spiro atoms. The molecule has 1 aliphatic heterocycles. The van der Waals surface area contributed by atoms with Crippen LogP contribution in [0.2, 0.25) is 0 Å². The van der Waals surface area contributed by atoms with Crippen LogP contribution in [0.5, 0.6) is 11.5 Å². The zero-order valence-electron chi connectivity index (χ0n) is 12.2. The maximum atomic E-state index is 6.37. The Labute approximate surface area is 124 Å². The molecule has 0 fully saturated rings. The molecule has 1 aromatic carbocycles. The highest BCUT2D eigenvalue weighted by Gasteiger charge is 2.16. The van der Waals surface area contributed by atoms with Gasteiger partial charge in [0.05, 0.1) is 25.5 Å². The van der Waals surface area contributed by atoms with Gasteiger partial charge in [0.1, 0.15) is 11.5 Å². The first-order valence-corrected chi connectivity index (χ1v) is 7.37. The standard InChI is InChI=1S/C17H20N2O2/c1-2-6-20-15-9-14(10-19-11-15)17(18)13-3-4-16-12(8-13)5-7-21-16/h3-4,8-11,17H,2,5-7,18H2,1H3. The Morgan fingerprint density at radius 1 is 1.29 bits per heavy atom. The first kappa shape index (κ1) is 13.9. The van der Waals surface area contributed by atoms with Crippen LogP contribution in [0.25, 0.3) is 0 Å². The zero-order chi connectivity index (χ0) is 14.7. The summed E-state index contributed by atoms with van der Waals surface area (Å²) in [6.07, 6.45) is 5.45. The van der Waals surface area contributed by atoms with E-state index in [0.29, 0.717) is 6.61 Å². The lowest BCUT2D eigenvalue weighted by molar-refractivity contribution is 0.315. The van der Waals surface area contributed by atoms with E-state index in [9.17, 15) is 0 Å². The number of fused-ring (bicyclic) bond motifs is 1. The second-order valence-corrected chi connectivity index (χ2v) is 5.25. The Balaban J connectivity index is 1.82. The van der Waals surface area contributed by atoms with E-state index < -0.39 is 0 Å². The summed E-state index contributed by atoms with van der Waals surface area (Å²) in [5, 5.41) is 0. The Morgan fingerprint density at radius 3 is 3.05 bits per heavy atom. The monoisotopic (exact) mass is 284 g/mol. The zero-order valence-corrected chi connectivity index (χ0v) is 12.2. The molecule has 0 aliphatic carbocycles. The number of hydrogen-bond donors (Lipinski definition) is 1. The summed E-state index contributed by atoms with van der Waals surface area (Å²) in [5.74, 6) is 1.75. The predicted octanol–water partition coefficient (Wildman–Crippen LogP) is 2.85. The number of aromatic nitrogens is 1. The van der Waals surface area contributed by atoms with Crippen molar-refractivity contribution in [2.75, 3.05) is 13.2 Å². The molecule has 4 nitrogen and oxygen atoms in total. The highest BCUT2D eigenvalue weighted by atomic mass is 16.5. The third-order valence-electron chi connectivity index (χ3n) is 3.64. The van der Waals surface area contributed by atoms with Crippen molar-refractivity contribution in [1.82, 2.24) is 4.98 Å². The van der Waals surface area contributed by atoms with Gasteiger partial charge in [-0.2, -0.15) is 0 Å². The smallest absolute Gasteiger partial charge is 0.137 e. The van der Waals surface area contributed by atoms with Crippen molar-refractivity contribution in [3.05, 3.63) is 53.3 Å². The van der Waals surface area contributed by atoms with Crippen LogP contribution in [0.15, 0.2) is 36.7 Å². The Kier molecular flexibility index (Phi) is 4.06. The first-order chi connectivity index (χ1) is 10.3. The Bertz CT molecular complexity index is 628. The number of nitrogens with two attached hydrogens (primary N) is 1. The Hall–Kier alpha value is -2.07. The lowest BCUT2D eigenvalue weighted by atomic mass is 9.98. The van der Waals surface area contributed by atoms with Crippen molar-refractivity contribution in [3.8, 4) is 11.5 Å². The van der Waals surface area contributed by atoms with Crippen molar-refractivity contribution in [3.63, 3.8) is 0 Å². The summed E-state index contributed by atoms with van der Waals surface area (Å²) in [7, 11) is 0. The molecule has 1 unspecified atom stereocenters. The van der Waals surface area contributed by atoms with Gasteiger partial charge in [0.15, 0.2) is 0 Å². The fraction of sp³-hybridized carbons (Fsp3) is 0.353. The number of pyridine rings is 1. The molecule has 21 heavy (non-hydrogen) atoms. The molecule has 2 aromatic rings. The highest BCUT2D eigenvalue weighted by Crippen LogP contribution is 2.30. The molecule has 0 saturated carbocycles. The SMILES string of the molecule is CCCOc1cncc(C(N)c2ccc3c(c2)CCO3)c1. The molecule has 0 saturated heterocycles.